The number of halogens is 3. The van der Waals surface area contributed by atoms with E-state index in [2.05, 4.69) is 15.9 Å². The maximum atomic E-state index is 13.2. The molecule has 3 nitrogen and oxygen atoms in total. The topological polar surface area (TPSA) is 46.5 Å². The van der Waals surface area contributed by atoms with Crippen LogP contribution in [0.5, 0.6) is 5.75 Å². The standard InChI is InChI=1S/C14H9BrFIO3/c15-9-3-8(4-10(16)5-9)7-20-13-2-1-11(17)6-12(13)14(18)19/h1-6H,7H2,(H,18,19). The highest BCUT2D eigenvalue weighted by Crippen LogP contribution is 2.23. The number of rotatable bonds is 4. The summed E-state index contributed by atoms with van der Waals surface area (Å²) in [5.74, 6) is -1.17. The van der Waals surface area contributed by atoms with Crippen molar-refractivity contribution in [3.63, 3.8) is 0 Å². The number of hydrogen-bond donors (Lipinski definition) is 1. The molecule has 1 N–H and O–H groups in total. The second-order valence-electron chi connectivity index (χ2n) is 4.01. The molecule has 0 heterocycles. The molecule has 0 radical (unpaired) electrons. The Morgan fingerprint density at radius 1 is 1.30 bits per heavy atom. The Hall–Kier alpha value is -1.15. The molecule has 0 aliphatic heterocycles. The van der Waals surface area contributed by atoms with Gasteiger partial charge in [0, 0.05) is 8.04 Å². The molecule has 0 aromatic heterocycles. The fourth-order valence-corrected chi connectivity index (χ4v) is 2.65. The lowest BCUT2D eigenvalue weighted by molar-refractivity contribution is 0.0691. The minimum absolute atomic E-state index is 0.0902. The molecule has 2 aromatic carbocycles. The lowest BCUT2D eigenvalue weighted by Crippen LogP contribution is -2.04. The minimum atomic E-state index is -1.06. The summed E-state index contributed by atoms with van der Waals surface area (Å²) in [4.78, 5) is 11.1. The predicted octanol–water partition coefficient (Wildman–Crippen LogP) is 4.47. The fourth-order valence-electron chi connectivity index (χ4n) is 1.65. The van der Waals surface area contributed by atoms with Gasteiger partial charge in [0.15, 0.2) is 0 Å². The Bertz CT molecular complexity index is 641. The van der Waals surface area contributed by atoms with Crippen LogP contribution < -0.4 is 4.74 Å². The van der Waals surface area contributed by atoms with Crippen LogP contribution in [0.3, 0.4) is 0 Å². The van der Waals surface area contributed by atoms with Gasteiger partial charge in [-0.2, -0.15) is 0 Å². The lowest BCUT2D eigenvalue weighted by Gasteiger charge is -2.10. The molecule has 20 heavy (non-hydrogen) atoms. The molecule has 0 atom stereocenters. The molecule has 0 fully saturated rings. The van der Waals surface area contributed by atoms with Gasteiger partial charge in [0.1, 0.15) is 23.7 Å². The molecule has 2 aromatic rings. The number of aromatic carboxylic acids is 1. The van der Waals surface area contributed by atoms with Crippen molar-refractivity contribution in [2.24, 2.45) is 0 Å². The summed E-state index contributed by atoms with van der Waals surface area (Å²) in [5.41, 5.74) is 0.708. The normalized spacial score (nSPS) is 10.3. The van der Waals surface area contributed by atoms with Crippen LogP contribution in [0.15, 0.2) is 40.9 Å². The second kappa shape index (κ2) is 6.53. The molecule has 0 saturated carbocycles. The molecular weight excluding hydrogens is 442 g/mol. The molecule has 0 unspecified atom stereocenters. The van der Waals surface area contributed by atoms with Crippen LogP contribution in [-0.2, 0) is 6.61 Å². The highest BCUT2D eigenvalue weighted by molar-refractivity contribution is 14.1. The first-order valence-corrected chi connectivity index (χ1v) is 7.43. The van der Waals surface area contributed by atoms with Crippen LogP contribution in [0.25, 0.3) is 0 Å². The van der Waals surface area contributed by atoms with Crippen molar-refractivity contribution < 1.29 is 19.0 Å². The molecule has 0 saturated heterocycles. The van der Waals surface area contributed by atoms with Gasteiger partial charge in [0.2, 0.25) is 0 Å². The van der Waals surface area contributed by atoms with E-state index in [0.29, 0.717) is 10.0 Å². The molecule has 0 spiro atoms. The van der Waals surface area contributed by atoms with Gasteiger partial charge in [0.25, 0.3) is 0 Å². The van der Waals surface area contributed by atoms with Gasteiger partial charge in [-0.05, 0) is 64.6 Å². The average Bonchev–Trinajstić information content (AvgIpc) is 2.36. The van der Waals surface area contributed by atoms with Gasteiger partial charge in [-0.15, -0.1) is 0 Å². The summed E-state index contributed by atoms with van der Waals surface area (Å²) in [7, 11) is 0. The zero-order chi connectivity index (χ0) is 14.7. The molecule has 0 aliphatic carbocycles. The fraction of sp³-hybridized carbons (Fsp3) is 0.0714. The third kappa shape index (κ3) is 3.92. The molecule has 6 heteroatoms. The molecule has 0 aliphatic rings. The Morgan fingerprint density at radius 3 is 2.70 bits per heavy atom. The summed E-state index contributed by atoms with van der Waals surface area (Å²) < 4.78 is 20.1. The summed E-state index contributed by atoms with van der Waals surface area (Å²) >= 11 is 5.23. The summed E-state index contributed by atoms with van der Waals surface area (Å²) in [6, 6.07) is 9.29. The van der Waals surface area contributed by atoms with Crippen molar-refractivity contribution in [1.29, 1.82) is 0 Å². The first-order chi connectivity index (χ1) is 9.45. The largest absolute Gasteiger partial charge is 0.488 e. The summed E-state index contributed by atoms with van der Waals surface area (Å²) in [6.07, 6.45) is 0. The van der Waals surface area contributed by atoms with E-state index < -0.39 is 5.97 Å². The van der Waals surface area contributed by atoms with Crippen LogP contribution in [0.1, 0.15) is 15.9 Å². The van der Waals surface area contributed by atoms with E-state index in [0.717, 1.165) is 3.57 Å². The van der Waals surface area contributed by atoms with Gasteiger partial charge in [-0.25, -0.2) is 9.18 Å². The Balaban J connectivity index is 2.20. The number of benzene rings is 2. The van der Waals surface area contributed by atoms with Gasteiger partial charge in [-0.3, -0.25) is 0 Å². The predicted molar refractivity (Wildman–Crippen MR) is 84.6 cm³/mol. The smallest absolute Gasteiger partial charge is 0.339 e. The van der Waals surface area contributed by atoms with Crippen LogP contribution in [0.2, 0.25) is 0 Å². The molecule has 2 rings (SSSR count). The van der Waals surface area contributed by atoms with E-state index >= 15 is 0 Å². The maximum Gasteiger partial charge on any atom is 0.339 e. The molecule has 0 amide bonds. The van der Waals surface area contributed by atoms with Crippen LogP contribution in [-0.4, -0.2) is 11.1 Å². The van der Waals surface area contributed by atoms with E-state index in [4.69, 9.17) is 9.84 Å². The van der Waals surface area contributed by atoms with Gasteiger partial charge in [-0.1, -0.05) is 15.9 Å². The van der Waals surface area contributed by atoms with E-state index in [1.54, 1.807) is 18.2 Å². The van der Waals surface area contributed by atoms with Crippen molar-refractivity contribution in [3.05, 3.63) is 61.4 Å². The van der Waals surface area contributed by atoms with Crippen molar-refractivity contribution in [2.45, 2.75) is 6.61 Å². The van der Waals surface area contributed by atoms with Gasteiger partial charge < -0.3 is 9.84 Å². The molecule has 0 bridgehead atoms. The van der Waals surface area contributed by atoms with Crippen molar-refractivity contribution >= 4 is 44.5 Å². The summed E-state index contributed by atoms with van der Waals surface area (Å²) in [6.45, 7) is 0.0945. The van der Waals surface area contributed by atoms with Crippen molar-refractivity contribution in [3.8, 4) is 5.75 Å². The average molecular weight is 451 g/mol. The van der Waals surface area contributed by atoms with Gasteiger partial charge >= 0.3 is 5.97 Å². The van der Waals surface area contributed by atoms with Crippen molar-refractivity contribution in [2.75, 3.05) is 0 Å². The first kappa shape index (κ1) is 15.2. The quantitative estimate of drug-likeness (QED) is 0.699. The number of carboxylic acid groups (broad SMARTS) is 1. The Kier molecular flexibility index (Phi) is 4.98. The first-order valence-electron chi connectivity index (χ1n) is 5.56. The third-order valence-electron chi connectivity index (χ3n) is 2.49. The molecule has 104 valence electrons. The summed E-state index contributed by atoms with van der Waals surface area (Å²) in [5, 5.41) is 9.12. The van der Waals surface area contributed by atoms with E-state index in [-0.39, 0.29) is 23.7 Å². The number of hydrogen-bond acceptors (Lipinski definition) is 2. The SMILES string of the molecule is O=C(O)c1cc(I)ccc1OCc1cc(F)cc(Br)c1. The second-order valence-corrected chi connectivity index (χ2v) is 6.17. The zero-order valence-electron chi connectivity index (χ0n) is 10.1. The highest BCUT2D eigenvalue weighted by Gasteiger charge is 2.12. The minimum Gasteiger partial charge on any atom is -0.488 e. The third-order valence-corrected chi connectivity index (χ3v) is 3.62. The molecular formula is C14H9BrFIO3. The van der Waals surface area contributed by atoms with Crippen LogP contribution in [0, 0.1) is 9.39 Å². The van der Waals surface area contributed by atoms with Gasteiger partial charge in [0.05, 0.1) is 0 Å². The Labute approximate surface area is 137 Å². The van der Waals surface area contributed by atoms with E-state index in [1.165, 1.54) is 18.2 Å². The number of carbonyl (C=O) groups is 1. The van der Waals surface area contributed by atoms with Crippen molar-refractivity contribution in [1.82, 2.24) is 0 Å². The van der Waals surface area contributed by atoms with Crippen LogP contribution >= 0.6 is 38.5 Å². The lowest BCUT2D eigenvalue weighted by atomic mass is 10.2. The van der Waals surface area contributed by atoms with Crippen LogP contribution in [0.4, 0.5) is 4.39 Å². The monoisotopic (exact) mass is 450 g/mol. The van der Waals surface area contributed by atoms with E-state index in [1.807, 2.05) is 22.6 Å². The number of carboxylic acids is 1. The maximum absolute atomic E-state index is 13.2. The highest BCUT2D eigenvalue weighted by atomic mass is 127. The zero-order valence-corrected chi connectivity index (χ0v) is 13.8. The van der Waals surface area contributed by atoms with E-state index in [9.17, 15) is 9.18 Å². The Morgan fingerprint density at radius 2 is 2.05 bits per heavy atom. The number of ether oxygens (including phenoxy) is 1.